The number of benzene rings is 1. The Morgan fingerprint density at radius 2 is 1.97 bits per heavy atom. The smallest absolute Gasteiger partial charge is 0.258 e. The molecule has 0 radical (unpaired) electrons. The Balaban J connectivity index is 1.87. The molecule has 1 fully saturated rings. The number of nitrogens with one attached hydrogen (secondary N) is 1. The Labute approximate surface area is 181 Å². The predicted octanol–water partition coefficient (Wildman–Crippen LogP) is 3.47. The number of nitrogens with zero attached hydrogens (tertiary/aromatic N) is 3. The molecule has 1 unspecified atom stereocenters. The molecule has 0 bridgehead atoms. The van der Waals surface area contributed by atoms with Gasteiger partial charge in [-0.25, -0.2) is 13.4 Å². The van der Waals surface area contributed by atoms with E-state index in [4.69, 9.17) is 10.00 Å². The van der Waals surface area contributed by atoms with E-state index < -0.39 is 21.8 Å². The zero-order chi connectivity index (χ0) is 22.4. The van der Waals surface area contributed by atoms with Gasteiger partial charge in [0.2, 0.25) is 5.88 Å². The van der Waals surface area contributed by atoms with Gasteiger partial charge in [-0.1, -0.05) is 18.9 Å². The van der Waals surface area contributed by atoms with Gasteiger partial charge in [0, 0.05) is 29.8 Å². The standard InChI is InChI=1S/C22H24N4O4S/c1-15(11-12-31(2,28)29)25-21(27)19-14-24-20(17-5-3-4-6-17)26-22(19)30-18-9-7-16(13-23)8-10-18/h7-12,14-15,17H,3-6H2,1-2H3,(H,25,27). The maximum atomic E-state index is 12.8. The van der Waals surface area contributed by atoms with E-state index in [-0.39, 0.29) is 17.4 Å². The van der Waals surface area contributed by atoms with Gasteiger partial charge in [-0.3, -0.25) is 4.79 Å². The van der Waals surface area contributed by atoms with Crippen molar-refractivity contribution in [2.75, 3.05) is 6.26 Å². The number of rotatable bonds is 7. The second-order valence-corrected chi connectivity index (χ2v) is 9.52. The number of hydrogen-bond acceptors (Lipinski definition) is 7. The monoisotopic (exact) mass is 440 g/mol. The lowest BCUT2D eigenvalue weighted by molar-refractivity contribution is 0.0943. The second-order valence-electron chi connectivity index (χ2n) is 7.59. The molecule has 1 N–H and O–H groups in total. The van der Waals surface area contributed by atoms with Crippen molar-refractivity contribution in [3.63, 3.8) is 0 Å². The van der Waals surface area contributed by atoms with Crippen molar-refractivity contribution in [1.29, 1.82) is 5.26 Å². The van der Waals surface area contributed by atoms with Gasteiger partial charge in [-0.15, -0.1) is 0 Å². The highest BCUT2D eigenvalue weighted by atomic mass is 32.2. The van der Waals surface area contributed by atoms with Crippen molar-refractivity contribution >= 4 is 15.7 Å². The topological polar surface area (TPSA) is 122 Å². The summed E-state index contributed by atoms with van der Waals surface area (Å²) < 4.78 is 28.5. The Morgan fingerprint density at radius 1 is 1.29 bits per heavy atom. The fourth-order valence-electron chi connectivity index (χ4n) is 3.30. The van der Waals surface area contributed by atoms with Crippen molar-refractivity contribution in [1.82, 2.24) is 15.3 Å². The molecule has 1 aliphatic carbocycles. The number of amides is 1. The molecule has 0 aliphatic heterocycles. The van der Waals surface area contributed by atoms with E-state index >= 15 is 0 Å². The SMILES string of the molecule is CC(C=CS(C)(=O)=O)NC(=O)c1cnc(C2CCCC2)nc1Oc1ccc(C#N)cc1. The van der Waals surface area contributed by atoms with Crippen LogP contribution in [0.15, 0.2) is 41.9 Å². The summed E-state index contributed by atoms with van der Waals surface area (Å²) in [6.45, 7) is 1.66. The van der Waals surface area contributed by atoms with Gasteiger partial charge in [-0.05, 0) is 44.0 Å². The van der Waals surface area contributed by atoms with E-state index in [1.165, 1.54) is 12.3 Å². The Hall–Kier alpha value is -3.25. The molecule has 2 aromatic rings. The molecule has 162 valence electrons. The molecule has 9 heteroatoms. The van der Waals surface area contributed by atoms with Crippen molar-refractivity contribution in [2.45, 2.75) is 44.6 Å². The minimum Gasteiger partial charge on any atom is -0.438 e. The number of carbonyl (C=O) groups is 1. The summed E-state index contributed by atoms with van der Waals surface area (Å²) in [6, 6.07) is 8.02. The van der Waals surface area contributed by atoms with Crippen LogP contribution in [0.5, 0.6) is 11.6 Å². The van der Waals surface area contributed by atoms with E-state index in [1.54, 1.807) is 31.2 Å². The van der Waals surface area contributed by atoms with Crippen LogP contribution in [0.4, 0.5) is 0 Å². The van der Waals surface area contributed by atoms with E-state index in [1.807, 2.05) is 6.07 Å². The summed E-state index contributed by atoms with van der Waals surface area (Å²) in [6.07, 6.45) is 8.14. The zero-order valence-corrected chi connectivity index (χ0v) is 18.2. The molecule has 1 saturated carbocycles. The predicted molar refractivity (Wildman–Crippen MR) is 115 cm³/mol. The van der Waals surface area contributed by atoms with Crippen molar-refractivity contribution in [3.8, 4) is 17.7 Å². The van der Waals surface area contributed by atoms with Gasteiger partial charge in [-0.2, -0.15) is 10.2 Å². The fraction of sp³-hybridized carbons (Fsp3) is 0.364. The van der Waals surface area contributed by atoms with Crippen molar-refractivity contribution in [2.24, 2.45) is 0 Å². The van der Waals surface area contributed by atoms with Crippen LogP contribution in [-0.4, -0.2) is 36.6 Å². The first-order chi connectivity index (χ1) is 14.7. The van der Waals surface area contributed by atoms with Crippen LogP contribution < -0.4 is 10.1 Å². The summed E-state index contributed by atoms with van der Waals surface area (Å²) in [5, 5.41) is 12.7. The molecule has 8 nitrogen and oxygen atoms in total. The largest absolute Gasteiger partial charge is 0.438 e. The first kappa shape index (κ1) is 22.4. The van der Waals surface area contributed by atoms with Crippen LogP contribution in [0.25, 0.3) is 0 Å². The maximum Gasteiger partial charge on any atom is 0.258 e. The molecule has 0 saturated heterocycles. The summed E-state index contributed by atoms with van der Waals surface area (Å²) in [4.78, 5) is 21.8. The van der Waals surface area contributed by atoms with Crippen LogP contribution in [0.1, 0.15) is 60.3 Å². The summed E-state index contributed by atoms with van der Waals surface area (Å²) in [5.74, 6) is 0.958. The molecule has 1 aliphatic rings. The third kappa shape index (κ3) is 6.36. The minimum absolute atomic E-state index is 0.124. The molecule has 1 heterocycles. The van der Waals surface area contributed by atoms with E-state index in [2.05, 4.69) is 15.3 Å². The van der Waals surface area contributed by atoms with E-state index in [0.29, 0.717) is 17.1 Å². The summed E-state index contributed by atoms with van der Waals surface area (Å²) >= 11 is 0. The van der Waals surface area contributed by atoms with Gasteiger partial charge in [0.05, 0.1) is 11.6 Å². The van der Waals surface area contributed by atoms with Crippen LogP contribution in [0.3, 0.4) is 0 Å². The lowest BCUT2D eigenvalue weighted by atomic mass is 10.1. The van der Waals surface area contributed by atoms with Crippen LogP contribution in [0, 0.1) is 11.3 Å². The van der Waals surface area contributed by atoms with Gasteiger partial charge in [0.25, 0.3) is 5.91 Å². The summed E-state index contributed by atoms with van der Waals surface area (Å²) in [7, 11) is -3.29. The van der Waals surface area contributed by atoms with Crippen LogP contribution in [-0.2, 0) is 9.84 Å². The Morgan fingerprint density at radius 3 is 2.58 bits per heavy atom. The second kappa shape index (κ2) is 9.71. The number of carbonyl (C=O) groups excluding carboxylic acids is 1. The van der Waals surface area contributed by atoms with E-state index in [9.17, 15) is 13.2 Å². The highest BCUT2D eigenvalue weighted by Crippen LogP contribution is 2.34. The van der Waals surface area contributed by atoms with Crippen molar-refractivity contribution in [3.05, 3.63) is 58.9 Å². The molecule has 1 amide bonds. The number of ether oxygens (including phenoxy) is 1. The molecule has 1 aromatic carbocycles. The first-order valence-corrected chi connectivity index (χ1v) is 11.9. The zero-order valence-electron chi connectivity index (χ0n) is 17.4. The molecule has 3 rings (SSSR count). The number of hydrogen-bond donors (Lipinski definition) is 1. The number of nitriles is 1. The highest BCUT2D eigenvalue weighted by Gasteiger charge is 2.24. The molecule has 1 atom stereocenters. The number of aromatic nitrogens is 2. The quantitative estimate of drug-likeness (QED) is 0.699. The highest BCUT2D eigenvalue weighted by molar-refractivity contribution is 7.93. The normalized spacial score (nSPS) is 15.5. The van der Waals surface area contributed by atoms with Crippen molar-refractivity contribution < 1.29 is 17.9 Å². The van der Waals surface area contributed by atoms with Crippen LogP contribution >= 0.6 is 0 Å². The first-order valence-electron chi connectivity index (χ1n) is 9.99. The van der Waals surface area contributed by atoms with Gasteiger partial charge in [0.15, 0.2) is 9.84 Å². The van der Waals surface area contributed by atoms with Crippen LogP contribution in [0.2, 0.25) is 0 Å². The van der Waals surface area contributed by atoms with Gasteiger partial charge in [0.1, 0.15) is 17.1 Å². The molecular weight excluding hydrogens is 416 g/mol. The molecule has 31 heavy (non-hydrogen) atoms. The maximum absolute atomic E-state index is 12.8. The third-order valence-electron chi connectivity index (χ3n) is 4.91. The van der Waals surface area contributed by atoms with Gasteiger partial charge < -0.3 is 10.1 Å². The Kier molecular flexibility index (Phi) is 7.02. The summed E-state index contributed by atoms with van der Waals surface area (Å²) in [5.41, 5.74) is 0.636. The average Bonchev–Trinajstić information content (AvgIpc) is 3.27. The molecular formula is C22H24N4O4S. The third-order valence-corrected chi connectivity index (χ3v) is 5.56. The lowest BCUT2D eigenvalue weighted by Gasteiger charge is -2.15. The average molecular weight is 441 g/mol. The van der Waals surface area contributed by atoms with E-state index in [0.717, 1.165) is 37.3 Å². The Bertz CT molecular complexity index is 1120. The lowest BCUT2D eigenvalue weighted by Crippen LogP contribution is -2.31. The fourth-order valence-corrected chi connectivity index (χ4v) is 3.82. The molecule has 0 spiro atoms. The minimum atomic E-state index is -3.29. The van der Waals surface area contributed by atoms with Gasteiger partial charge >= 0.3 is 0 Å². The number of sulfone groups is 1. The molecule has 1 aromatic heterocycles.